The largest absolute Gasteiger partial charge is 0.477 e. The number of urea groups is 1. The van der Waals surface area contributed by atoms with Crippen LogP contribution in [0.15, 0.2) is 12.1 Å². The molecule has 1 aromatic carbocycles. The van der Waals surface area contributed by atoms with Gasteiger partial charge in [0.15, 0.2) is 5.56 Å². The number of hydrogen-bond donors (Lipinski definition) is 4. The predicted molar refractivity (Wildman–Crippen MR) is 140 cm³/mol. The molecule has 0 unspecified atom stereocenters. The van der Waals surface area contributed by atoms with Crippen molar-refractivity contribution in [3.05, 3.63) is 40.5 Å². The molecule has 0 radical (unpaired) electrons. The Morgan fingerprint density at radius 3 is 2.42 bits per heavy atom. The number of anilines is 1. The van der Waals surface area contributed by atoms with Gasteiger partial charge < -0.3 is 25.2 Å². The van der Waals surface area contributed by atoms with Crippen LogP contribution in [0.3, 0.4) is 0 Å². The number of unbranched alkanes of at least 4 members (excludes halogenated alkanes) is 3. The van der Waals surface area contributed by atoms with Gasteiger partial charge in [0.05, 0.1) is 6.61 Å². The second-order valence-corrected chi connectivity index (χ2v) is 9.95. The number of carbonyl (C=O) groups is 2. The molecule has 1 fully saturated rings. The van der Waals surface area contributed by atoms with E-state index >= 15 is 0 Å². The lowest BCUT2D eigenvalue weighted by molar-refractivity contribution is 0.0693. The van der Waals surface area contributed by atoms with Crippen molar-refractivity contribution < 1.29 is 33.3 Å². The van der Waals surface area contributed by atoms with Gasteiger partial charge in [-0.05, 0) is 55.5 Å². The van der Waals surface area contributed by atoms with E-state index in [4.69, 9.17) is 9.84 Å². The molecule has 13 heteroatoms. The highest BCUT2D eigenvalue weighted by molar-refractivity contribution is 7.11. The summed E-state index contributed by atoms with van der Waals surface area (Å²) in [6.07, 6.45) is 3.88. The van der Waals surface area contributed by atoms with Gasteiger partial charge in [-0.15, -0.1) is 0 Å². The summed E-state index contributed by atoms with van der Waals surface area (Å²) in [5, 5.41) is 23.8. The minimum atomic E-state index is -1.37. The maximum absolute atomic E-state index is 14.1. The molecule has 38 heavy (non-hydrogen) atoms. The quantitative estimate of drug-likeness (QED) is 0.262. The number of nitrogens with zero attached hydrogens (tertiary/aromatic N) is 3. The number of carbonyl (C=O) groups excluding carboxylic acids is 1. The van der Waals surface area contributed by atoms with E-state index in [-0.39, 0.29) is 34.2 Å². The molecule has 2 amide bonds. The zero-order valence-corrected chi connectivity index (χ0v) is 22.3. The lowest BCUT2D eigenvalue weighted by Crippen LogP contribution is -2.47. The molecule has 0 saturated carbocycles. The zero-order chi connectivity index (χ0) is 27.5. The summed E-state index contributed by atoms with van der Waals surface area (Å²) in [5.41, 5.74) is -0.284. The minimum Gasteiger partial charge on any atom is -0.477 e. The van der Waals surface area contributed by atoms with E-state index in [9.17, 15) is 23.5 Å². The highest BCUT2D eigenvalue weighted by atomic mass is 32.1. The molecule has 4 N–H and O–H groups in total. The molecule has 210 valence electrons. The number of hydrogen-bond acceptors (Lipinski definition) is 8. The van der Waals surface area contributed by atoms with Crippen molar-refractivity contribution in [1.29, 1.82) is 0 Å². The number of carboxylic acid groups (broad SMARTS) is 1. The zero-order valence-electron chi connectivity index (χ0n) is 21.5. The summed E-state index contributed by atoms with van der Waals surface area (Å²) >= 11 is 0.729. The number of aromatic nitrogens is 1. The number of aliphatic hydroxyl groups is 1. The first kappa shape index (κ1) is 29.7. The topological polar surface area (TPSA) is 127 Å². The van der Waals surface area contributed by atoms with E-state index < -0.39 is 30.2 Å². The lowest BCUT2D eigenvalue weighted by Gasteiger charge is -2.34. The van der Waals surface area contributed by atoms with Crippen LogP contribution in [-0.4, -0.2) is 88.8 Å². The van der Waals surface area contributed by atoms with Crippen LogP contribution in [0.2, 0.25) is 0 Å². The van der Waals surface area contributed by atoms with Crippen LogP contribution < -0.4 is 15.4 Å². The second-order valence-electron chi connectivity index (χ2n) is 9.18. The van der Waals surface area contributed by atoms with Crippen LogP contribution in [-0.2, 0) is 6.61 Å². The van der Waals surface area contributed by atoms with Crippen molar-refractivity contribution in [3.8, 4) is 5.88 Å². The number of ether oxygens (including phenoxy) is 1. The van der Waals surface area contributed by atoms with Crippen LogP contribution in [0, 0.1) is 18.6 Å². The van der Waals surface area contributed by atoms with Gasteiger partial charge in [-0.25, -0.2) is 18.4 Å². The minimum absolute atomic E-state index is 0.0142. The Balaban J connectivity index is 1.36. The number of carboxylic acids is 1. The van der Waals surface area contributed by atoms with E-state index in [0.29, 0.717) is 6.54 Å². The van der Waals surface area contributed by atoms with Crippen LogP contribution >= 0.6 is 11.5 Å². The number of amides is 2. The number of rotatable bonds is 14. The number of benzene rings is 1. The number of β-amino-alcohol motifs (C(OH)–C–C–N with tert-alkyl or cyclic N) is 1. The Bertz CT molecular complexity index is 1080. The summed E-state index contributed by atoms with van der Waals surface area (Å²) < 4.78 is 37.1. The van der Waals surface area contributed by atoms with Gasteiger partial charge in [0.2, 0.25) is 5.88 Å². The van der Waals surface area contributed by atoms with Gasteiger partial charge in [-0.2, -0.15) is 4.37 Å². The average Bonchev–Trinajstić information content (AvgIpc) is 3.28. The maximum atomic E-state index is 14.1. The Morgan fingerprint density at radius 1 is 1.05 bits per heavy atom. The van der Waals surface area contributed by atoms with Crippen LogP contribution in [0.1, 0.15) is 47.2 Å². The number of aliphatic hydroxyl groups excluding tert-OH is 1. The number of aromatic carboxylic acids is 1. The van der Waals surface area contributed by atoms with Crippen LogP contribution in [0.25, 0.3) is 0 Å². The molecule has 0 bridgehead atoms. The third-order valence-corrected chi connectivity index (χ3v) is 7.11. The third kappa shape index (κ3) is 8.86. The highest BCUT2D eigenvalue weighted by Crippen LogP contribution is 2.31. The molecule has 2 aromatic rings. The number of piperazine rings is 1. The summed E-state index contributed by atoms with van der Waals surface area (Å²) in [5.74, 6) is -2.93. The van der Waals surface area contributed by atoms with E-state index in [2.05, 4.69) is 24.8 Å². The molecule has 1 saturated heterocycles. The normalized spacial score (nSPS) is 14.4. The molecule has 0 aliphatic carbocycles. The van der Waals surface area contributed by atoms with Crippen molar-refractivity contribution in [2.75, 3.05) is 57.7 Å². The lowest BCUT2D eigenvalue weighted by atomic mass is 10.1. The van der Waals surface area contributed by atoms with Gasteiger partial charge in [0.25, 0.3) is 0 Å². The van der Waals surface area contributed by atoms with Crippen molar-refractivity contribution in [1.82, 2.24) is 19.5 Å². The van der Waals surface area contributed by atoms with Crippen LogP contribution in [0.5, 0.6) is 5.88 Å². The smallest absolute Gasteiger partial charge is 0.344 e. The molecule has 1 aliphatic rings. The number of aryl methyl sites for hydroxylation is 1. The second kappa shape index (κ2) is 14.9. The van der Waals surface area contributed by atoms with Gasteiger partial charge >= 0.3 is 12.0 Å². The number of halogens is 2. The predicted octanol–water partition coefficient (Wildman–Crippen LogP) is 3.30. The van der Waals surface area contributed by atoms with E-state index in [1.807, 2.05) is 0 Å². The molecule has 2 heterocycles. The first-order chi connectivity index (χ1) is 18.3. The Morgan fingerprint density at radius 2 is 1.74 bits per heavy atom. The van der Waals surface area contributed by atoms with Gasteiger partial charge in [0, 0.05) is 44.8 Å². The van der Waals surface area contributed by atoms with E-state index in [1.54, 1.807) is 0 Å². The number of nitrogens with one attached hydrogen (secondary N) is 2. The van der Waals surface area contributed by atoms with Crippen molar-refractivity contribution in [2.45, 2.75) is 39.2 Å². The Hall–Kier alpha value is -2.87. The fraction of sp³-hybridized carbons (Fsp3) is 0.560. The van der Waals surface area contributed by atoms with Crippen molar-refractivity contribution in [3.63, 3.8) is 0 Å². The first-order valence-electron chi connectivity index (χ1n) is 12.7. The third-order valence-electron chi connectivity index (χ3n) is 6.36. The summed E-state index contributed by atoms with van der Waals surface area (Å²) in [6, 6.07) is 1.47. The van der Waals surface area contributed by atoms with E-state index in [0.717, 1.165) is 88.6 Å². The fourth-order valence-corrected chi connectivity index (χ4v) is 4.86. The molecule has 0 atom stereocenters. The monoisotopic (exact) mass is 555 g/mol. The van der Waals surface area contributed by atoms with Gasteiger partial charge in [-0.3, -0.25) is 10.2 Å². The maximum Gasteiger partial charge on any atom is 0.344 e. The molecular weight excluding hydrogens is 520 g/mol. The molecule has 3 rings (SSSR count). The summed E-state index contributed by atoms with van der Waals surface area (Å²) in [7, 11) is 0. The van der Waals surface area contributed by atoms with Gasteiger partial charge in [0.1, 0.15) is 23.2 Å². The van der Waals surface area contributed by atoms with Crippen molar-refractivity contribution in [2.24, 2.45) is 0 Å². The molecular formula is C25H35F2N5O5S. The summed E-state index contributed by atoms with van der Waals surface area (Å²) in [6.45, 7) is 7.45. The fourth-order valence-electron chi connectivity index (χ4n) is 4.13. The molecule has 1 aromatic heterocycles. The molecule has 1 aliphatic heterocycles. The molecule has 10 nitrogen and oxygen atoms in total. The Kier molecular flexibility index (Phi) is 11.6. The standard InChI is InChI=1S/C25H35F2N5O5S/c1-17-14-20(27)18(15-19(17)26)16-37-22-21(24(34)35)23(38-30-22)29-25(36)28-6-4-2-3-5-7-31-8-10-32(11-9-31)12-13-33/h14-15,33H,2-13,16H2,1H3,(H,34,35)(H2,28,29,36). The molecule has 0 spiro atoms. The van der Waals surface area contributed by atoms with Crippen LogP contribution in [0.4, 0.5) is 18.6 Å². The first-order valence-corrected chi connectivity index (χ1v) is 13.5. The average molecular weight is 556 g/mol. The van der Waals surface area contributed by atoms with Gasteiger partial charge in [-0.1, -0.05) is 12.8 Å². The SMILES string of the molecule is Cc1cc(F)c(COc2nsc(NC(=O)NCCCCCCN3CCN(CCO)CC3)c2C(=O)O)cc1F. The highest BCUT2D eigenvalue weighted by Gasteiger charge is 2.24. The summed E-state index contributed by atoms with van der Waals surface area (Å²) in [4.78, 5) is 28.7. The van der Waals surface area contributed by atoms with E-state index in [1.165, 1.54) is 6.92 Å². The Labute approximate surface area is 224 Å². The van der Waals surface area contributed by atoms with Crippen molar-refractivity contribution >= 4 is 28.5 Å².